The van der Waals surface area contributed by atoms with Gasteiger partial charge in [0, 0.05) is 41.4 Å². The van der Waals surface area contributed by atoms with Crippen LogP contribution in [0.4, 0.5) is 0 Å². The number of carbonyl (C=O) groups is 2. The fraction of sp³-hybridized carbons (Fsp3) is 0.480. The van der Waals surface area contributed by atoms with Crippen molar-refractivity contribution >= 4 is 62.3 Å². The van der Waals surface area contributed by atoms with E-state index in [1.807, 2.05) is 12.1 Å². The third-order valence-electron chi connectivity index (χ3n) is 10.6. The lowest BCUT2D eigenvalue weighted by Gasteiger charge is -2.33. The van der Waals surface area contributed by atoms with Gasteiger partial charge in [-0.25, -0.2) is 0 Å². The Hall–Kier alpha value is -2.74. The quantitative estimate of drug-likeness (QED) is 0.126. The van der Waals surface area contributed by atoms with Crippen molar-refractivity contribution in [1.82, 2.24) is 0 Å². The summed E-state index contributed by atoms with van der Waals surface area (Å²) in [6, 6.07) is 18.1. The SMILES string of the molecule is CC(C)(C)c1cc(C(C)(C)C)c(P=c2c(-c3ccc(C=O)s3)c(-c3ccc(C=O)s3)c2=Pc2c(C(C)(C)C)cc(C(C)(C)C)cc2C(C)(C)C)c(C(C)(C)C)c1. The van der Waals surface area contributed by atoms with Crippen LogP contribution in [0.15, 0.2) is 48.5 Å². The van der Waals surface area contributed by atoms with Crippen LogP contribution in [0, 0.1) is 9.88 Å². The molecule has 0 amide bonds. The van der Waals surface area contributed by atoms with Gasteiger partial charge in [0.25, 0.3) is 0 Å². The Bertz CT molecular complexity index is 2160. The maximum absolute atomic E-state index is 12.1. The maximum atomic E-state index is 12.1. The van der Waals surface area contributed by atoms with Gasteiger partial charge in [-0.05, 0) is 90.1 Å². The highest BCUT2D eigenvalue weighted by molar-refractivity contribution is 7.42. The van der Waals surface area contributed by atoms with Gasteiger partial charge in [0.05, 0.1) is 9.75 Å². The lowest BCUT2D eigenvalue weighted by atomic mass is 9.75. The molecule has 298 valence electrons. The van der Waals surface area contributed by atoms with Gasteiger partial charge in [-0.3, -0.25) is 9.59 Å². The van der Waals surface area contributed by atoms with Crippen LogP contribution in [0.1, 0.15) is 177 Å². The van der Waals surface area contributed by atoms with Crippen LogP contribution in [0.5, 0.6) is 0 Å². The monoisotopic (exact) mass is 822 g/mol. The molecule has 0 fully saturated rings. The molecule has 0 unspecified atom stereocenters. The predicted octanol–water partition coefficient (Wildman–Crippen LogP) is 15.0. The summed E-state index contributed by atoms with van der Waals surface area (Å²) >= 11 is 3.13. The molecule has 0 N–H and O–H groups in total. The molecular formula is C50H64O2P2S2. The van der Waals surface area contributed by atoms with Crippen LogP contribution in [0.3, 0.4) is 0 Å². The molecule has 5 aromatic rings. The van der Waals surface area contributed by atoms with Gasteiger partial charge in [-0.2, -0.15) is 0 Å². The van der Waals surface area contributed by atoms with Gasteiger partial charge < -0.3 is 0 Å². The molecule has 0 aliphatic heterocycles. The van der Waals surface area contributed by atoms with Gasteiger partial charge in [0.2, 0.25) is 0 Å². The molecule has 0 saturated carbocycles. The molecule has 6 heteroatoms. The summed E-state index contributed by atoms with van der Waals surface area (Å²) in [6.07, 6.45) is 1.93. The van der Waals surface area contributed by atoms with Crippen LogP contribution >= 0.6 is 39.1 Å². The van der Waals surface area contributed by atoms with Crippen LogP contribution in [-0.4, -0.2) is 12.6 Å². The molecule has 5 rings (SSSR count). The summed E-state index contributed by atoms with van der Waals surface area (Å²) in [5, 5.41) is 2.75. The second kappa shape index (κ2) is 15.1. The smallest absolute Gasteiger partial charge is 0.160 e. The molecule has 0 aliphatic rings. The number of hydrogen-bond acceptors (Lipinski definition) is 4. The average molecular weight is 823 g/mol. The summed E-state index contributed by atoms with van der Waals surface area (Å²) < 4.78 is 0. The first-order valence-electron chi connectivity index (χ1n) is 19.9. The van der Waals surface area contributed by atoms with Gasteiger partial charge in [0.15, 0.2) is 12.6 Å². The van der Waals surface area contributed by atoms with E-state index in [1.54, 1.807) is 22.7 Å². The molecule has 0 aliphatic carbocycles. The van der Waals surface area contributed by atoms with E-state index >= 15 is 0 Å². The Kier molecular flexibility index (Phi) is 12.0. The van der Waals surface area contributed by atoms with Crippen molar-refractivity contribution < 1.29 is 9.59 Å². The van der Waals surface area contributed by atoms with E-state index in [0.717, 1.165) is 48.5 Å². The first-order valence-corrected chi connectivity index (χ1v) is 23.3. The van der Waals surface area contributed by atoms with Crippen molar-refractivity contribution in [2.45, 2.75) is 157 Å². The van der Waals surface area contributed by atoms with Crippen molar-refractivity contribution in [3.63, 3.8) is 0 Å². The second-order valence-corrected chi connectivity index (χ2v) is 26.1. The molecule has 0 spiro atoms. The summed E-state index contributed by atoms with van der Waals surface area (Å²) in [4.78, 5) is 30.5. The van der Waals surface area contributed by atoms with E-state index < -0.39 is 0 Å². The van der Waals surface area contributed by atoms with Gasteiger partial charge in [-0.1, -0.05) is 165 Å². The largest absolute Gasteiger partial charge is 0.297 e. The highest BCUT2D eigenvalue weighted by Crippen LogP contribution is 2.49. The molecule has 0 bridgehead atoms. The minimum atomic E-state index is -0.0969. The van der Waals surface area contributed by atoms with Crippen molar-refractivity contribution in [1.29, 1.82) is 0 Å². The van der Waals surface area contributed by atoms with E-state index in [1.165, 1.54) is 65.0 Å². The Morgan fingerprint density at radius 1 is 0.411 bits per heavy atom. The predicted molar refractivity (Wildman–Crippen MR) is 251 cm³/mol. The normalized spacial score (nSPS) is 14.2. The third-order valence-corrected chi connectivity index (χ3v) is 15.5. The molecule has 2 nitrogen and oxygen atoms in total. The highest BCUT2D eigenvalue weighted by atomic mass is 32.1. The minimum Gasteiger partial charge on any atom is -0.297 e. The van der Waals surface area contributed by atoms with E-state index in [0.29, 0.717) is 0 Å². The van der Waals surface area contributed by atoms with E-state index in [-0.39, 0.29) is 32.5 Å². The number of rotatable bonds is 6. The van der Waals surface area contributed by atoms with E-state index in [4.69, 9.17) is 0 Å². The Balaban J connectivity index is 2.13. The zero-order valence-corrected chi connectivity index (χ0v) is 40.7. The number of thiophene rings is 2. The average Bonchev–Trinajstić information content (AvgIpc) is 3.71. The lowest BCUT2D eigenvalue weighted by Crippen LogP contribution is -2.30. The first kappa shape index (κ1) is 44.4. The Morgan fingerprint density at radius 2 is 0.679 bits per heavy atom. The molecule has 3 aromatic carbocycles. The topological polar surface area (TPSA) is 34.1 Å². The van der Waals surface area contributed by atoms with Crippen LogP contribution < -0.4 is 10.6 Å². The Labute approximate surface area is 349 Å². The van der Waals surface area contributed by atoms with Crippen molar-refractivity contribution in [3.8, 4) is 20.9 Å². The van der Waals surface area contributed by atoms with Gasteiger partial charge in [0.1, 0.15) is 0 Å². The maximum Gasteiger partial charge on any atom is 0.160 e. The number of hydrogen-bond donors (Lipinski definition) is 0. The summed E-state index contributed by atoms with van der Waals surface area (Å²) in [7, 11) is 2.32. The number of aldehydes is 2. The zero-order valence-electron chi connectivity index (χ0n) is 37.3. The number of carbonyl (C=O) groups excluding carboxylic acids is 2. The number of benzene rings is 2. The van der Waals surface area contributed by atoms with Crippen molar-refractivity contribution in [2.24, 2.45) is 0 Å². The van der Waals surface area contributed by atoms with Crippen molar-refractivity contribution in [3.05, 3.63) is 102 Å². The minimum absolute atomic E-state index is 0.00322. The lowest BCUT2D eigenvalue weighted by molar-refractivity contribution is 0.111. The fourth-order valence-corrected chi connectivity index (χ4v) is 13.0. The first-order chi connectivity index (χ1) is 25.5. The molecule has 2 aromatic heterocycles. The van der Waals surface area contributed by atoms with Crippen molar-refractivity contribution in [2.75, 3.05) is 0 Å². The summed E-state index contributed by atoms with van der Waals surface area (Å²) in [6.45, 7) is 42.1. The molecule has 2 heterocycles. The van der Waals surface area contributed by atoms with Gasteiger partial charge >= 0.3 is 0 Å². The van der Waals surface area contributed by atoms with Crippen LogP contribution in [0.2, 0.25) is 0 Å². The zero-order chi connectivity index (χ0) is 42.1. The summed E-state index contributed by atoms with van der Waals surface area (Å²) in [5.41, 5.74) is 10.3. The molecule has 0 atom stereocenters. The highest BCUT2D eigenvalue weighted by Gasteiger charge is 2.32. The van der Waals surface area contributed by atoms with Crippen LogP contribution in [-0.2, 0) is 32.5 Å². The molecule has 0 radical (unpaired) electrons. The Morgan fingerprint density at radius 3 is 0.875 bits per heavy atom. The third kappa shape index (κ3) is 9.10. The summed E-state index contributed by atoms with van der Waals surface area (Å²) in [5.74, 6) is 0. The fourth-order valence-electron chi connectivity index (χ4n) is 7.10. The van der Waals surface area contributed by atoms with E-state index in [9.17, 15) is 9.59 Å². The molecule has 0 saturated heterocycles. The van der Waals surface area contributed by atoms with E-state index in [2.05, 4.69) is 161 Å². The van der Waals surface area contributed by atoms with Gasteiger partial charge in [-0.15, -0.1) is 22.7 Å². The standard InChI is InChI=1S/C50H64O2P2S2/c1-45(2,3)29-23-33(47(7,8)9)41(34(24-29)48(10,11)12)53-43-39(37-21-19-31(27-51)55-37)40(38-22-20-32(28-52)56-38)44(43)54-42-35(49(13,14)15)25-30(46(4,5)6)26-36(42)50(16,17)18/h19-28H,1-18H3. The van der Waals surface area contributed by atoms with Crippen LogP contribution in [0.25, 0.3) is 20.9 Å². The molecular weight excluding hydrogens is 759 g/mol. The molecule has 56 heavy (non-hydrogen) atoms. The second-order valence-electron chi connectivity index (χ2n) is 21.7.